The van der Waals surface area contributed by atoms with Gasteiger partial charge in [0.05, 0.1) is 0 Å². The maximum atomic E-state index is 8.45. The van der Waals surface area contributed by atoms with E-state index < -0.39 is 0 Å². The molecule has 1 N–H and O–H groups in total. The first kappa shape index (κ1) is 9.12. The zero-order chi connectivity index (χ0) is 8.81. The van der Waals surface area contributed by atoms with Crippen LogP contribution in [-0.4, -0.2) is 21.5 Å². The Morgan fingerprint density at radius 2 is 2.08 bits per heavy atom. The Bertz CT molecular complexity index is 274. The number of nitrogens with zero attached hydrogens (tertiary/aromatic N) is 1. The third-order valence-corrected chi connectivity index (χ3v) is 2.66. The van der Waals surface area contributed by atoms with E-state index in [0.29, 0.717) is 0 Å². The van der Waals surface area contributed by atoms with Gasteiger partial charge in [0.1, 0.15) is 0 Å². The molecular weight excluding hydrogens is 215 g/mol. The first-order valence-corrected chi connectivity index (χ1v) is 5.48. The van der Waals surface area contributed by atoms with Gasteiger partial charge in [-0.1, -0.05) is 0 Å². The number of nitriles is 1. The molecule has 0 fully saturated rings. The second kappa shape index (κ2) is 4.82. The fourth-order valence-electron chi connectivity index (χ4n) is 0.898. The van der Waals surface area contributed by atoms with Gasteiger partial charge < -0.3 is 0 Å². The molecule has 12 heavy (non-hydrogen) atoms. The molecule has 3 heteroatoms. The fourth-order valence-corrected chi connectivity index (χ4v) is 1.69. The van der Waals surface area contributed by atoms with Crippen molar-refractivity contribution in [1.82, 2.24) is 0 Å². The number of nitrogens with one attached hydrogen (secondary N) is 1. The standard InChI is InChI=1S/C9H10N2Se/c1-2-11-8-3-5-9(6-4-8)12-7-10/h3-6,11H,2H2,1H3. The van der Waals surface area contributed by atoms with Gasteiger partial charge in [0.2, 0.25) is 0 Å². The molecule has 0 radical (unpaired) electrons. The molecular formula is C9H10N2Se. The van der Waals surface area contributed by atoms with Crippen LogP contribution in [0.15, 0.2) is 24.3 Å². The van der Waals surface area contributed by atoms with E-state index >= 15 is 0 Å². The van der Waals surface area contributed by atoms with Crippen molar-refractivity contribution in [3.05, 3.63) is 24.3 Å². The number of anilines is 1. The zero-order valence-corrected chi connectivity index (χ0v) is 8.59. The summed E-state index contributed by atoms with van der Waals surface area (Å²) in [6, 6.07) is 8.03. The summed E-state index contributed by atoms with van der Waals surface area (Å²) in [4.78, 5) is 2.18. The van der Waals surface area contributed by atoms with Gasteiger partial charge in [0.25, 0.3) is 0 Å². The molecule has 1 rings (SSSR count). The predicted octanol–water partition coefficient (Wildman–Crippen LogP) is 0.929. The number of rotatable bonds is 3. The van der Waals surface area contributed by atoms with E-state index in [1.54, 1.807) is 0 Å². The molecule has 0 bridgehead atoms. The molecule has 0 spiro atoms. The first-order chi connectivity index (χ1) is 5.86. The average Bonchev–Trinajstić information content (AvgIpc) is 2.09. The Balaban J connectivity index is 2.66. The van der Waals surface area contributed by atoms with E-state index in [-0.39, 0.29) is 15.0 Å². The number of hydrogen-bond acceptors (Lipinski definition) is 2. The van der Waals surface area contributed by atoms with Crippen molar-refractivity contribution in [2.24, 2.45) is 0 Å². The van der Waals surface area contributed by atoms with Crippen LogP contribution in [-0.2, 0) is 0 Å². The molecule has 0 aliphatic heterocycles. The predicted molar refractivity (Wildman–Crippen MR) is 51.6 cm³/mol. The van der Waals surface area contributed by atoms with E-state index in [2.05, 4.69) is 17.2 Å². The summed E-state index contributed by atoms with van der Waals surface area (Å²) in [5, 5.41) is 11.7. The van der Waals surface area contributed by atoms with E-state index in [0.717, 1.165) is 16.7 Å². The normalized spacial score (nSPS) is 9.00. The van der Waals surface area contributed by atoms with Crippen molar-refractivity contribution in [2.45, 2.75) is 6.92 Å². The minimum absolute atomic E-state index is 0.0231. The summed E-state index contributed by atoms with van der Waals surface area (Å²) in [7, 11) is 0. The van der Waals surface area contributed by atoms with Gasteiger partial charge in [-0.05, 0) is 0 Å². The van der Waals surface area contributed by atoms with E-state index in [9.17, 15) is 0 Å². The summed E-state index contributed by atoms with van der Waals surface area (Å²) in [6.07, 6.45) is 0. The Labute approximate surface area is 78.7 Å². The molecule has 2 nitrogen and oxygen atoms in total. The van der Waals surface area contributed by atoms with Crippen molar-refractivity contribution in [1.29, 1.82) is 5.26 Å². The molecule has 0 saturated carbocycles. The number of benzene rings is 1. The van der Waals surface area contributed by atoms with Crippen molar-refractivity contribution >= 4 is 25.1 Å². The van der Waals surface area contributed by atoms with Crippen molar-refractivity contribution in [3.8, 4) is 4.97 Å². The third-order valence-electron chi connectivity index (χ3n) is 1.40. The molecule has 0 heterocycles. The summed E-state index contributed by atoms with van der Waals surface area (Å²) >= 11 is -0.0231. The molecule has 62 valence electrons. The maximum absolute atomic E-state index is 8.45. The second-order valence-electron chi connectivity index (χ2n) is 2.25. The molecule has 0 saturated heterocycles. The van der Waals surface area contributed by atoms with Gasteiger partial charge in [-0.2, -0.15) is 0 Å². The van der Waals surface area contributed by atoms with Crippen LogP contribution in [0, 0.1) is 10.2 Å². The van der Waals surface area contributed by atoms with Gasteiger partial charge in [-0.15, -0.1) is 0 Å². The molecule has 0 unspecified atom stereocenters. The van der Waals surface area contributed by atoms with Gasteiger partial charge in [0, 0.05) is 0 Å². The van der Waals surface area contributed by atoms with Crippen LogP contribution in [0.5, 0.6) is 0 Å². The minimum atomic E-state index is -0.0231. The van der Waals surface area contributed by atoms with E-state index in [1.165, 1.54) is 0 Å². The monoisotopic (exact) mass is 226 g/mol. The van der Waals surface area contributed by atoms with Gasteiger partial charge in [0.15, 0.2) is 0 Å². The van der Waals surface area contributed by atoms with Gasteiger partial charge in [-0.3, -0.25) is 0 Å². The van der Waals surface area contributed by atoms with Crippen LogP contribution < -0.4 is 9.78 Å². The second-order valence-corrected chi connectivity index (χ2v) is 4.05. The van der Waals surface area contributed by atoms with Crippen molar-refractivity contribution < 1.29 is 0 Å². The van der Waals surface area contributed by atoms with E-state index in [1.807, 2.05) is 24.3 Å². The van der Waals surface area contributed by atoms with Crippen LogP contribution in [0.4, 0.5) is 5.69 Å². The van der Waals surface area contributed by atoms with Crippen LogP contribution in [0.25, 0.3) is 0 Å². The van der Waals surface area contributed by atoms with Crippen LogP contribution in [0.1, 0.15) is 6.92 Å². The first-order valence-electron chi connectivity index (χ1n) is 3.76. The van der Waals surface area contributed by atoms with Crippen molar-refractivity contribution in [2.75, 3.05) is 11.9 Å². The molecule has 0 aromatic heterocycles. The summed E-state index contributed by atoms with van der Waals surface area (Å²) in [5.41, 5.74) is 1.12. The Kier molecular flexibility index (Phi) is 3.66. The topological polar surface area (TPSA) is 35.8 Å². The van der Waals surface area contributed by atoms with Crippen LogP contribution >= 0.6 is 0 Å². The Morgan fingerprint density at radius 3 is 2.58 bits per heavy atom. The Morgan fingerprint density at radius 1 is 1.42 bits per heavy atom. The Hall–Kier alpha value is -0.971. The quantitative estimate of drug-likeness (QED) is 0.777. The third kappa shape index (κ3) is 2.58. The molecule has 1 aromatic rings. The zero-order valence-electron chi connectivity index (χ0n) is 6.87. The number of hydrogen-bond donors (Lipinski definition) is 1. The molecule has 1 aromatic carbocycles. The fraction of sp³-hybridized carbons (Fsp3) is 0.222. The van der Waals surface area contributed by atoms with Crippen molar-refractivity contribution in [3.63, 3.8) is 0 Å². The SMILES string of the molecule is CCNc1ccc([Se]C#N)cc1. The molecule has 0 aliphatic rings. The van der Waals surface area contributed by atoms with Crippen LogP contribution in [0.3, 0.4) is 0 Å². The van der Waals surface area contributed by atoms with Gasteiger partial charge in [-0.25, -0.2) is 0 Å². The van der Waals surface area contributed by atoms with Gasteiger partial charge >= 0.3 is 78.4 Å². The molecule has 0 amide bonds. The summed E-state index contributed by atoms with van der Waals surface area (Å²) < 4.78 is 1.13. The molecule has 0 atom stereocenters. The van der Waals surface area contributed by atoms with Crippen LogP contribution in [0.2, 0.25) is 0 Å². The summed E-state index contributed by atoms with van der Waals surface area (Å²) in [5.74, 6) is 0. The van der Waals surface area contributed by atoms with E-state index in [4.69, 9.17) is 5.26 Å². The molecule has 0 aliphatic carbocycles. The summed E-state index contributed by atoms with van der Waals surface area (Å²) in [6.45, 7) is 3.00. The average molecular weight is 225 g/mol.